The number of rotatable bonds is 16. The summed E-state index contributed by atoms with van der Waals surface area (Å²) in [6.07, 6.45) is 0.706. The molecule has 11 nitrogen and oxygen atoms in total. The molecule has 0 saturated heterocycles. The number of sulfonamides is 1. The summed E-state index contributed by atoms with van der Waals surface area (Å²) in [4.78, 5) is 28.7. The number of benzene rings is 3. The van der Waals surface area contributed by atoms with E-state index in [1.54, 1.807) is 49.4 Å². The van der Waals surface area contributed by atoms with Crippen LogP contribution in [0.15, 0.2) is 71.6 Å². The number of amides is 2. The van der Waals surface area contributed by atoms with Crippen LogP contribution < -0.4 is 28.6 Å². The Morgan fingerprint density at radius 3 is 2.13 bits per heavy atom. The van der Waals surface area contributed by atoms with Crippen molar-refractivity contribution < 1.29 is 37.0 Å². The number of hydrogen-bond donors (Lipinski definition) is 1. The van der Waals surface area contributed by atoms with Gasteiger partial charge in [-0.05, 0) is 81.3 Å². The van der Waals surface area contributed by atoms with Gasteiger partial charge in [0.25, 0.3) is 10.0 Å². The Kier molecular flexibility index (Phi) is 12.5. The second kappa shape index (κ2) is 16.0. The second-order valence-corrected chi connectivity index (χ2v) is 12.2. The minimum atomic E-state index is -4.33. The van der Waals surface area contributed by atoms with E-state index < -0.39 is 28.5 Å². The van der Waals surface area contributed by atoms with Gasteiger partial charge in [0, 0.05) is 18.7 Å². The summed E-state index contributed by atoms with van der Waals surface area (Å²) >= 11 is 0. The Morgan fingerprint density at radius 2 is 1.53 bits per heavy atom. The van der Waals surface area contributed by atoms with Crippen molar-refractivity contribution in [2.45, 2.75) is 57.6 Å². The zero-order valence-corrected chi connectivity index (χ0v) is 27.7. The molecule has 0 bridgehead atoms. The molecule has 0 aliphatic heterocycles. The molecule has 1 N–H and O–H groups in total. The van der Waals surface area contributed by atoms with Crippen molar-refractivity contribution in [1.29, 1.82) is 0 Å². The van der Waals surface area contributed by atoms with Crippen molar-refractivity contribution in [3.8, 4) is 23.0 Å². The lowest BCUT2D eigenvalue weighted by Crippen LogP contribution is -2.52. The Bertz CT molecular complexity index is 1550. The summed E-state index contributed by atoms with van der Waals surface area (Å²) in [5, 5.41) is 2.93. The van der Waals surface area contributed by atoms with E-state index in [0.29, 0.717) is 35.8 Å². The number of nitrogens with one attached hydrogen (secondary N) is 1. The molecule has 0 aliphatic rings. The van der Waals surface area contributed by atoms with Crippen molar-refractivity contribution >= 4 is 27.5 Å². The maximum absolute atomic E-state index is 14.2. The van der Waals surface area contributed by atoms with Gasteiger partial charge in [-0.3, -0.25) is 13.9 Å². The molecule has 3 aromatic rings. The molecule has 0 unspecified atom stereocenters. The fourth-order valence-electron chi connectivity index (χ4n) is 4.52. The van der Waals surface area contributed by atoms with E-state index in [2.05, 4.69) is 5.32 Å². The van der Waals surface area contributed by atoms with Crippen molar-refractivity contribution in [1.82, 2.24) is 10.2 Å². The predicted molar refractivity (Wildman–Crippen MR) is 173 cm³/mol. The highest BCUT2D eigenvalue weighted by atomic mass is 32.2. The second-order valence-electron chi connectivity index (χ2n) is 10.3. The predicted octanol–water partition coefficient (Wildman–Crippen LogP) is 4.64. The highest BCUT2D eigenvalue weighted by molar-refractivity contribution is 7.92. The largest absolute Gasteiger partial charge is 0.497 e. The molecule has 244 valence electrons. The molecule has 3 aromatic carbocycles. The molecular weight excluding hydrogens is 598 g/mol. The van der Waals surface area contributed by atoms with Crippen LogP contribution >= 0.6 is 0 Å². The van der Waals surface area contributed by atoms with Gasteiger partial charge in [0.2, 0.25) is 11.8 Å². The number of nitrogens with zero attached hydrogens (tertiary/aromatic N) is 2. The lowest BCUT2D eigenvalue weighted by molar-refractivity contribution is -0.139. The van der Waals surface area contributed by atoms with Crippen molar-refractivity contribution in [2.24, 2.45) is 0 Å². The van der Waals surface area contributed by atoms with Crippen LogP contribution in [-0.4, -0.2) is 71.7 Å². The number of hydrogen-bond acceptors (Lipinski definition) is 8. The molecule has 0 saturated carbocycles. The number of methoxy groups -OCH3 is 3. The third-order valence-electron chi connectivity index (χ3n) is 7.31. The van der Waals surface area contributed by atoms with Crippen LogP contribution in [0.1, 0.15) is 39.7 Å². The number of carbonyl (C=O) groups is 2. The smallest absolute Gasteiger partial charge is 0.264 e. The van der Waals surface area contributed by atoms with E-state index >= 15 is 0 Å². The van der Waals surface area contributed by atoms with Gasteiger partial charge in [0.05, 0.1) is 38.5 Å². The summed E-state index contributed by atoms with van der Waals surface area (Å²) in [5.41, 5.74) is 0.945. The van der Waals surface area contributed by atoms with E-state index in [1.165, 1.54) is 44.4 Å². The van der Waals surface area contributed by atoms with E-state index in [1.807, 2.05) is 26.8 Å². The number of ether oxygens (including phenoxy) is 4. The molecule has 2 atom stereocenters. The van der Waals surface area contributed by atoms with Gasteiger partial charge in [0.15, 0.2) is 11.5 Å². The van der Waals surface area contributed by atoms with Crippen LogP contribution in [0, 0.1) is 0 Å². The lowest BCUT2D eigenvalue weighted by atomic mass is 10.1. The molecule has 0 fully saturated rings. The van der Waals surface area contributed by atoms with Crippen LogP contribution in [0.4, 0.5) is 5.69 Å². The van der Waals surface area contributed by atoms with Gasteiger partial charge in [-0.15, -0.1) is 0 Å². The Morgan fingerprint density at radius 1 is 0.844 bits per heavy atom. The minimum Gasteiger partial charge on any atom is -0.497 e. The maximum atomic E-state index is 14.2. The molecule has 0 radical (unpaired) electrons. The monoisotopic (exact) mass is 641 g/mol. The van der Waals surface area contributed by atoms with Crippen LogP contribution in [0.3, 0.4) is 0 Å². The first-order valence-electron chi connectivity index (χ1n) is 14.7. The lowest BCUT2D eigenvalue weighted by Gasteiger charge is -2.32. The fraction of sp³-hybridized carbons (Fsp3) is 0.394. The fourth-order valence-corrected chi connectivity index (χ4v) is 5.95. The van der Waals surface area contributed by atoms with Gasteiger partial charge in [-0.25, -0.2) is 8.42 Å². The SMILES string of the molecule is CCOc1ccc(N(CC(=O)N(Cc2cccc(OC)c2)[C@H](C)C(=O)N[C@H](C)CC)S(=O)(=O)c2ccc(OC)c(OC)c2)cc1. The van der Waals surface area contributed by atoms with Gasteiger partial charge in [-0.1, -0.05) is 19.1 Å². The zero-order valence-electron chi connectivity index (χ0n) is 26.9. The van der Waals surface area contributed by atoms with Crippen molar-refractivity contribution in [3.63, 3.8) is 0 Å². The zero-order chi connectivity index (χ0) is 33.1. The molecular formula is C33H43N3O8S. The number of anilines is 1. The van der Waals surface area contributed by atoms with Crippen molar-refractivity contribution in [3.05, 3.63) is 72.3 Å². The Balaban J connectivity index is 2.09. The summed E-state index contributed by atoms with van der Waals surface area (Å²) in [6.45, 7) is 7.18. The van der Waals surface area contributed by atoms with Crippen LogP contribution in [0.25, 0.3) is 0 Å². The first-order valence-corrected chi connectivity index (χ1v) is 16.1. The Hall–Kier alpha value is -4.45. The highest BCUT2D eigenvalue weighted by Crippen LogP contribution is 2.33. The molecule has 2 amide bonds. The molecule has 0 aromatic heterocycles. The summed E-state index contributed by atoms with van der Waals surface area (Å²) in [6, 6.07) is 16.7. The van der Waals surface area contributed by atoms with Crippen LogP contribution in [0.2, 0.25) is 0 Å². The average Bonchev–Trinajstić information content (AvgIpc) is 3.05. The summed E-state index contributed by atoms with van der Waals surface area (Å²) in [5.74, 6) is 0.769. The highest BCUT2D eigenvalue weighted by Gasteiger charge is 2.33. The molecule has 0 aliphatic carbocycles. The van der Waals surface area contributed by atoms with Crippen LogP contribution in [-0.2, 0) is 26.2 Å². The minimum absolute atomic E-state index is 0.0403. The summed E-state index contributed by atoms with van der Waals surface area (Å²) in [7, 11) is 0.0686. The molecule has 12 heteroatoms. The normalized spacial score (nSPS) is 12.4. The quantitative estimate of drug-likeness (QED) is 0.240. The third kappa shape index (κ3) is 8.81. The van der Waals surface area contributed by atoms with Gasteiger partial charge < -0.3 is 29.2 Å². The van der Waals surface area contributed by atoms with E-state index in [0.717, 1.165) is 4.31 Å². The Labute approximate surface area is 266 Å². The topological polar surface area (TPSA) is 124 Å². The molecule has 0 heterocycles. The molecule has 0 spiro atoms. The van der Waals surface area contributed by atoms with Crippen molar-refractivity contribution in [2.75, 3.05) is 38.8 Å². The van der Waals surface area contributed by atoms with Crippen LogP contribution in [0.5, 0.6) is 23.0 Å². The first kappa shape index (κ1) is 35.0. The first-order chi connectivity index (χ1) is 21.5. The van der Waals surface area contributed by atoms with Gasteiger partial charge in [-0.2, -0.15) is 0 Å². The van der Waals surface area contributed by atoms with E-state index in [-0.39, 0.29) is 34.8 Å². The number of carbonyl (C=O) groups excluding carboxylic acids is 2. The van der Waals surface area contributed by atoms with E-state index in [4.69, 9.17) is 18.9 Å². The maximum Gasteiger partial charge on any atom is 0.264 e. The van der Waals surface area contributed by atoms with Gasteiger partial charge >= 0.3 is 0 Å². The summed E-state index contributed by atoms with van der Waals surface area (Å²) < 4.78 is 51.0. The van der Waals surface area contributed by atoms with E-state index in [9.17, 15) is 18.0 Å². The molecule has 3 rings (SSSR count). The van der Waals surface area contributed by atoms with Gasteiger partial charge in [0.1, 0.15) is 24.1 Å². The molecule has 45 heavy (non-hydrogen) atoms. The third-order valence-corrected chi connectivity index (χ3v) is 9.08. The average molecular weight is 642 g/mol. The standard InChI is InChI=1S/C33H43N3O8S/c1-8-23(3)34-33(38)24(4)35(21-25-11-10-12-28(19-25)41-5)32(37)22-36(26-13-15-27(16-14-26)44-9-2)45(39,40)29-17-18-30(42-6)31(20-29)43-7/h10-20,23-24H,8-9,21-22H2,1-7H3,(H,34,38)/t23-,24-/m1/s1.